The number of benzene rings is 2. The van der Waals surface area contributed by atoms with E-state index in [-0.39, 0.29) is 17.8 Å². The van der Waals surface area contributed by atoms with Gasteiger partial charge in [-0.1, -0.05) is 30.3 Å². The summed E-state index contributed by atoms with van der Waals surface area (Å²) in [4.78, 5) is 15.5. The molecule has 0 atom stereocenters. The first-order valence-corrected chi connectivity index (χ1v) is 8.47. The van der Waals surface area contributed by atoms with Crippen molar-refractivity contribution < 1.29 is 14.3 Å². The Morgan fingerprint density at radius 3 is 2.70 bits per heavy atom. The molecule has 5 nitrogen and oxygen atoms in total. The van der Waals surface area contributed by atoms with Crippen LogP contribution in [0.15, 0.2) is 67.0 Å². The Bertz CT molecular complexity index is 1120. The zero-order valence-corrected chi connectivity index (χ0v) is 14.3. The quantitative estimate of drug-likeness (QED) is 0.585. The molecule has 4 rings (SSSR count). The van der Waals surface area contributed by atoms with Gasteiger partial charge in [-0.2, -0.15) is 5.10 Å². The van der Waals surface area contributed by atoms with Crippen molar-refractivity contribution in [3.05, 3.63) is 95.2 Å². The molecular formula is C21H16FN3O2. The van der Waals surface area contributed by atoms with Gasteiger partial charge >= 0.3 is 5.97 Å². The summed E-state index contributed by atoms with van der Waals surface area (Å²) in [7, 11) is 0. The first-order valence-electron chi connectivity index (χ1n) is 8.47. The maximum absolute atomic E-state index is 13.9. The van der Waals surface area contributed by atoms with Gasteiger partial charge in [0, 0.05) is 24.2 Å². The van der Waals surface area contributed by atoms with Gasteiger partial charge in [0.1, 0.15) is 5.82 Å². The van der Waals surface area contributed by atoms with E-state index in [9.17, 15) is 14.3 Å². The molecule has 1 N–H and O–H groups in total. The van der Waals surface area contributed by atoms with E-state index in [1.54, 1.807) is 6.07 Å². The largest absolute Gasteiger partial charge is 0.478 e. The Balaban J connectivity index is 1.79. The standard InChI is InChI=1S/C21H16FN3O2/c22-16-6-7-20-18(11-16)19(10-15-12-23-9-8-17(15)21(26)27)24-25(20)13-14-4-2-1-3-5-14/h1-9,11-12H,10,13H2,(H,26,27). The normalized spacial score (nSPS) is 11.0. The van der Waals surface area contributed by atoms with E-state index in [1.165, 1.54) is 30.6 Å². The van der Waals surface area contributed by atoms with Gasteiger partial charge in [-0.3, -0.25) is 9.67 Å². The Morgan fingerprint density at radius 2 is 1.93 bits per heavy atom. The molecule has 0 aliphatic heterocycles. The van der Waals surface area contributed by atoms with Crippen LogP contribution in [-0.2, 0) is 13.0 Å². The highest BCUT2D eigenvalue weighted by molar-refractivity contribution is 5.89. The van der Waals surface area contributed by atoms with E-state index in [0.29, 0.717) is 23.2 Å². The molecule has 4 aromatic rings. The zero-order chi connectivity index (χ0) is 18.8. The number of carbonyl (C=O) groups is 1. The monoisotopic (exact) mass is 361 g/mol. The Hall–Kier alpha value is -3.54. The number of nitrogens with zero attached hydrogens (tertiary/aromatic N) is 3. The molecule has 6 heteroatoms. The maximum atomic E-state index is 13.9. The van der Waals surface area contributed by atoms with Crippen molar-refractivity contribution in [3.63, 3.8) is 0 Å². The number of pyridine rings is 1. The van der Waals surface area contributed by atoms with Crippen molar-refractivity contribution >= 4 is 16.9 Å². The van der Waals surface area contributed by atoms with Gasteiger partial charge in [-0.25, -0.2) is 9.18 Å². The topological polar surface area (TPSA) is 68.0 Å². The van der Waals surface area contributed by atoms with Gasteiger partial charge < -0.3 is 5.11 Å². The van der Waals surface area contributed by atoms with Crippen LogP contribution in [0, 0.1) is 5.82 Å². The SMILES string of the molecule is O=C(O)c1ccncc1Cc1nn(Cc2ccccc2)c2ccc(F)cc12. The lowest BCUT2D eigenvalue weighted by atomic mass is 10.0. The fourth-order valence-corrected chi connectivity index (χ4v) is 3.18. The minimum absolute atomic E-state index is 0.173. The van der Waals surface area contributed by atoms with Gasteiger partial charge in [0.15, 0.2) is 0 Å². The predicted molar refractivity (Wildman–Crippen MR) is 99.2 cm³/mol. The lowest BCUT2D eigenvalue weighted by molar-refractivity contribution is 0.0695. The fourth-order valence-electron chi connectivity index (χ4n) is 3.18. The predicted octanol–water partition coefficient (Wildman–Crippen LogP) is 3.91. The average molecular weight is 361 g/mol. The molecule has 2 heterocycles. The van der Waals surface area contributed by atoms with Crippen LogP contribution >= 0.6 is 0 Å². The summed E-state index contributed by atoms with van der Waals surface area (Å²) in [6, 6.07) is 15.9. The van der Waals surface area contributed by atoms with E-state index in [1.807, 2.05) is 35.0 Å². The number of carboxylic acid groups (broad SMARTS) is 1. The molecule has 2 aromatic carbocycles. The smallest absolute Gasteiger partial charge is 0.336 e. The van der Waals surface area contributed by atoms with Gasteiger partial charge in [-0.05, 0) is 35.4 Å². The minimum atomic E-state index is -1.02. The molecule has 0 saturated heterocycles. The number of fused-ring (bicyclic) bond motifs is 1. The van der Waals surface area contributed by atoms with E-state index < -0.39 is 5.97 Å². The van der Waals surface area contributed by atoms with Gasteiger partial charge in [0.25, 0.3) is 0 Å². The molecule has 0 bridgehead atoms. The van der Waals surface area contributed by atoms with Crippen molar-refractivity contribution in [1.29, 1.82) is 0 Å². The van der Waals surface area contributed by atoms with Crippen molar-refractivity contribution in [3.8, 4) is 0 Å². The van der Waals surface area contributed by atoms with Crippen molar-refractivity contribution in [1.82, 2.24) is 14.8 Å². The van der Waals surface area contributed by atoms with Crippen LogP contribution in [0.4, 0.5) is 4.39 Å². The van der Waals surface area contributed by atoms with Crippen molar-refractivity contribution in [2.45, 2.75) is 13.0 Å². The summed E-state index contributed by atoms with van der Waals surface area (Å²) in [6.07, 6.45) is 3.22. The number of aromatic carboxylic acids is 1. The third-order valence-electron chi connectivity index (χ3n) is 4.46. The van der Waals surface area contributed by atoms with E-state index in [0.717, 1.165) is 11.1 Å². The summed E-state index contributed by atoms with van der Waals surface area (Å²) in [5, 5.41) is 14.7. The Kier molecular flexibility index (Phi) is 4.38. The molecule has 0 aliphatic carbocycles. The lowest BCUT2D eigenvalue weighted by Gasteiger charge is -2.04. The molecule has 0 aliphatic rings. The summed E-state index contributed by atoms with van der Waals surface area (Å²) >= 11 is 0. The molecule has 134 valence electrons. The van der Waals surface area contributed by atoms with Gasteiger partial charge in [0.05, 0.1) is 23.3 Å². The number of hydrogen-bond acceptors (Lipinski definition) is 3. The first-order chi connectivity index (χ1) is 13.1. The van der Waals surface area contributed by atoms with Crippen LogP contribution in [0.5, 0.6) is 0 Å². The second-order valence-electron chi connectivity index (χ2n) is 6.27. The van der Waals surface area contributed by atoms with E-state index in [2.05, 4.69) is 10.1 Å². The van der Waals surface area contributed by atoms with E-state index >= 15 is 0 Å². The minimum Gasteiger partial charge on any atom is -0.478 e. The molecule has 0 unspecified atom stereocenters. The van der Waals surface area contributed by atoms with E-state index in [4.69, 9.17) is 0 Å². The number of aromatic nitrogens is 3. The van der Waals surface area contributed by atoms with Crippen LogP contribution in [-0.4, -0.2) is 25.8 Å². The third kappa shape index (κ3) is 3.42. The second-order valence-corrected chi connectivity index (χ2v) is 6.27. The first kappa shape index (κ1) is 16.9. The Morgan fingerprint density at radius 1 is 1.11 bits per heavy atom. The van der Waals surface area contributed by atoms with Gasteiger partial charge in [-0.15, -0.1) is 0 Å². The molecule has 0 fully saturated rings. The molecule has 0 saturated carbocycles. The molecule has 0 radical (unpaired) electrons. The Labute approximate surface area is 154 Å². The average Bonchev–Trinajstić information content (AvgIpc) is 2.99. The van der Waals surface area contributed by atoms with Crippen LogP contribution in [0.25, 0.3) is 10.9 Å². The van der Waals surface area contributed by atoms with Crippen molar-refractivity contribution in [2.75, 3.05) is 0 Å². The summed E-state index contributed by atoms with van der Waals surface area (Å²) < 4.78 is 15.7. The fraction of sp³-hybridized carbons (Fsp3) is 0.0952. The van der Waals surface area contributed by atoms with Gasteiger partial charge in [0.2, 0.25) is 0 Å². The number of halogens is 1. The third-order valence-corrected chi connectivity index (χ3v) is 4.46. The van der Waals surface area contributed by atoms with Crippen molar-refractivity contribution in [2.24, 2.45) is 0 Å². The highest BCUT2D eigenvalue weighted by Gasteiger charge is 2.16. The number of carboxylic acids is 1. The molecular weight excluding hydrogens is 345 g/mol. The highest BCUT2D eigenvalue weighted by atomic mass is 19.1. The van der Waals surface area contributed by atoms with Crippen LogP contribution in [0.2, 0.25) is 0 Å². The summed E-state index contributed by atoms with van der Waals surface area (Å²) in [6.45, 7) is 0.543. The molecule has 27 heavy (non-hydrogen) atoms. The lowest BCUT2D eigenvalue weighted by Crippen LogP contribution is -2.05. The van der Waals surface area contributed by atoms with Crippen LogP contribution < -0.4 is 0 Å². The second kappa shape index (κ2) is 6.99. The maximum Gasteiger partial charge on any atom is 0.336 e. The molecule has 0 spiro atoms. The zero-order valence-electron chi connectivity index (χ0n) is 14.3. The number of rotatable bonds is 5. The summed E-state index contributed by atoms with van der Waals surface area (Å²) in [5.41, 5.74) is 3.21. The van der Waals surface area contributed by atoms with Crippen LogP contribution in [0.3, 0.4) is 0 Å². The molecule has 0 amide bonds. The molecule has 2 aromatic heterocycles. The summed E-state index contributed by atoms with van der Waals surface area (Å²) in [5.74, 6) is -1.38. The highest BCUT2D eigenvalue weighted by Crippen LogP contribution is 2.24. The van der Waals surface area contributed by atoms with Crippen LogP contribution in [0.1, 0.15) is 27.2 Å². The number of hydrogen-bond donors (Lipinski definition) is 1.